The van der Waals surface area contributed by atoms with Crippen molar-refractivity contribution < 1.29 is 9.53 Å². The fourth-order valence-electron chi connectivity index (χ4n) is 4.25. The van der Waals surface area contributed by atoms with Gasteiger partial charge < -0.3 is 10.1 Å². The molecule has 168 valence electrons. The molecule has 0 atom stereocenters. The number of nitrogens with zero attached hydrogens (tertiary/aromatic N) is 4. The number of ether oxygens (including phenoxy) is 1. The number of piperidine rings is 1. The lowest BCUT2D eigenvalue weighted by atomic mass is 9.96. The molecule has 0 spiro atoms. The highest BCUT2D eigenvalue weighted by atomic mass is 16.5. The predicted molar refractivity (Wildman–Crippen MR) is 124 cm³/mol. The van der Waals surface area contributed by atoms with Gasteiger partial charge in [0.15, 0.2) is 5.82 Å². The minimum atomic E-state index is -0.0512. The number of hydrogen-bond acceptors (Lipinski definition) is 5. The summed E-state index contributed by atoms with van der Waals surface area (Å²) in [4.78, 5) is 19.7. The van der Waals surface area contributed by atoms with Crippen LogP contribution in [0.4, 0.5) is 0 Å². The number of nitrogens with one attached hydrogen (secondary N) is 1. The van der Waals surface area contributed by atoms with Crippen LogP contribution >= 0.6 is 0 Å². The number of amides is 1. The van der Waals surface area contributed by atoms with Crippen LogP contribution in [0.3, 0.4) is 0 Å². The molecule has 0 saturated carbocycles. The van der Waals surface area contributed by atoms with E-state index in [4.69, 9.17) is 4.74 Å². The largest absolute Gasteiger partial charge is 0.497 e. The van der Waals surface area contributed by atoms with Gasteiger partial charge in [0.05, 0.1) is 24.6 Å². The van der Waals surface area contributed by atoms with Crippen LogP contribution < -0.4 is 10.1 Å². The van der Waals surface area contributed by atoms with E-state index in [0.717, 1.165) is 49.7 Å². The number of aromatic nitrogens is 3. The topological polar surface area (TPSA) is 72.3 Å². The normalized spacial score (nSPS) is 14.9. The van der Waals surface area contributed by atoms with E-state index in [9.17, 15) is 4.79 Å². The maximum Gasteiger partial charge on any atom is 0.254 e. The van der Waals surface area contributed by atoms with Gasteiger partial charge in [0.1, 0.15) is 5.75 Å². The van der Waals surface area contributed by atoms with Crippen molar-refractivity contribution >= 4 is 5.91 Å². The summed E-state index contributed by atoms with van der Waals surface area (Å²) < 4.78 is 6.99. The van der Waals surface area contributed by atoms with Gasteiger partial charge in [-0.05, 0) is 68.1 Å². The minimum absolute atomic E-state index is 0.0512. The number of benzene rings is 1. The van der Waals surface area contributed by atoms with Gasteiger partial charge in [0.2, 0.25) is 0 Å². The fourth-order valence-corrected chi connectivity index (χ4v) is 4.25. The van der Waals surface area contributed by atoms with Crippen LogP contribution in [0.1, 0.15) is 41.4 Å². The highest BCUT2D eigenvalue weighted by molar-refractivity contribution is 5.95. The molecule has 1 N–H and O–H groups in total. The van der Waals surface area contributed by atoms with Crippen LogP contribution in [-0.2, 0) is 13.0 Å². The second-order valence-electron chi connectivity index (χ2n) is 8.24. The van der Waals surface area contributed by atoms with Gasteiger partial charge >= 0.3 is 0 Å². The molecule has 1 saturated heterocycles. The molecular formula is C25H31N5O2. The van der Waals surface area contributed by atoms with E-state index >= 15 is 0 Å². The maximum absolute atomic E-state index is 12.9. The second kappa shape index (κ2) is 10.4. The van der Waals surface area contributed by atoms with Crippen LogP contribution in [0.5, 0.6) is 5.75 Å². The van der Waals surface area contributed by atoms with Gasteiger partial charge in [0, 0.05) is 19.3 Å². The Balaban J connectivity index is 1.27. The molecule has 32 heavy (non-hydrogen) atoms. The highest BCUT2D eigenvalue weighted by Gasteiger charge is 2.22. The Morgan fingerprint density at radius 2 is 1.94 bits per heavy atom. The summed E-state index contributed by atoms with van der Waals surface area (Å²) in [6, 6.07) is 14.0. The number of rotatable bonds is 8. The lowest BCUT2D eigenvalue weighted by Crippen LogP contribution is -2.38. The number of likely N-dealkylation sites (tertiary alicyclic amines) is 1. The first-order chi connectivity index (χ1) is 15.7. The lowest BCUT2D eigenvalue weighted by molar-refractivity contribution is 0.0934. The van der Waals surface area contributed by atoms with Crippen molar-refractivity contribution in [3.05, 3.63) is 71.7 Å². The van der Waals surface area contributed by atoms with Crippen LogP contribution in [0.15, 0.2) is 54.9 Å². The minimum Gasteiger partial charge on any atom is -0.497 e. The first-order valence-electron chi connectivity index (χ1n) is 11.3. The molecule has 3 aromatic rings. The van der Waals surface area contributed by atoms with Gasteiger partial charge in [-0.3, -0.25) is 9.69 Å². The molecule has 0 aliphatic carbocycles. The van der Waals surface area contributed by atoms with Crippen molar-refractivity contribution in [2.75, 3.05) is 26.7 Å². The van der Waals surface area contributed by atoms with Crippen molar-refractivity contribution in [1.29, 1.82) is 0 Å². The summed E-state index contributed by atoms with van der Waals surface area (Å²) in [5, 5.41) is 7.55. The van der Waals surface area contributed by atoms with Gasteiger partial charge in [-0.2, -0.15) is 5.10 Å². The molecule has 7 heteroatoms. The summed E-state index contributed by atoms with van der Waals surface area (Å²) in [6.07, 6.45) is 6.27. The molecule has 1 aliphatic rings. The highest BCUT2D eigenvalue weighted by Crippen LogP contribution is 2.20. The zero-order valence-corrected chi connectivity index (χ0v) is 18.8. The Labute approximate surface area is 189 Å². The fraction of sp³-hybridized carbons (Fsp3) is 0.400. The molecule has 4 rings (SSSR count). The number of hydrogen-bond donors (Lipinski definition) is 1. The molecule has 1 amide bonds. The lowest BCUT2D eigenvalue weighted by Gasteiger charge is -2.32. The van der Waals surface area contributed by atoms with E-state index in [1.54, 1.807) is 24.2 Å². The Morgan fingerprint density at radius 3 is 2.59 bits per heavy atom. The molecule has 0 radical (unpaired) electrons. The van der Waals surface area contributed by atoms with Crippen molar-refractivity contribution in [3.8, 4) is 11.6 Å². The maximum atomic E-state index is 12.9. The van der Waals surface area contributed by atoms with E-state index in [2.05, 4.69) is 32.4 Å². The summed E-state index contributed by atoms with van der Waals surface area (Å²) in [6.45, 7) is 5.78. The third-order valence-electron chi connectivity index (χ3n) is 6.14. The first kappa shape index (κ1) is 22.0. The number of pyridine rings is 1. The molecular weight excluding hydrogens is 402 g/mol. The molecule has 0 bridgehead atoms. The Morgan fingerprint density at radius 1 is 1.16 bits per heavy atom. The zero-order valence-electron chi connectivity index (χ0n) is 18.8. The van der Waals surface area contributed by atoms with Crippen molar-refractivity contribution in [3.63, 3.8) is 0 Å². The van der Waals surface area contributed by atoms with Gasteiger partial charge in [-0.15, -0.1) is 0 Å². The van der Waals surface area contributed by atoms with E-state index in [1.165, 1.54) is 5.56 Å². The third kappa shape index (κ3) is 5.16. The molecule has 7 nitrogen and oxygen atoms in total. The van der Waals surface area contributed by atoms with E-state index in [-0.39, 0.29) is 5.91 Å². The molecule has 1 aliphatic heterocycles. The van der Waals surface area contributed by atoms with Crippen LogP contribution in [0.25, 0.3) is 5.82 Å². The summed E-state index contributed by atoms with van der Waals surface area (Å²) in [5.74, 6) is 2.07. The SMILES string of the molecule is CCc1c(C(=O)NCC2CCN(Cc3ccc(OC)cc3)CC2)cnn1-c1ccccn1. The van der Waals surface area contributed by atoms with Crippen molar-refractivity contribution in [1.82, 2.24) is 25.0 Å². The second-order valence-corrected chi connectivity index (χ2v) is 8.24. The summed E-state index contributed by atoms with van der Waals surface area (Å²) in [5.41, 5.74) is 2.82. The van der Waals surface area contributed by atoms with Crippen LogP contribution in [-0.4, -0.2) is 52.3 Å². The molecule has 2 aromatic heterocycles. The Bertz CT molecular complexity index is 1010. The van der Waals surface area contributed by atoms with Crippen molar-refractivity contribution in [2.45, 2.75) is 32.7 Å². The number of methoxy groups -OCH3 is 1. The number of carbonyl (C=O) groups excluding carboxylic acids is 1. The van der Waals surface area contributed by atoms with Gasteiger partial charge in [-0.25, -0.2) is 9.67 Å². The summed E-state index contributed by atoms with van der Waals surface area (Å²) in [7, 11) is 1.69. The van der Waals surface area contributed by atoms with Crippen LogP contribution in [0, 0.1) is 5.92 Å². The first-order valence-corrected chi connectivity index (χ1v) is 11.3. The molecule has 3 heterocycles. The van der Waals surface area contributed by atoms with E-state index < -0.39 is 0 Å². The standard InChI is InChI=1S/C25H31N5O2/c1-3-23-22(17-28-30(23)24-6-4-5-13-26-24)25(31)27-16-19-11-14-29(15-12-19)18-20-7-9-21(32-2)10-8-20/h4-10,13,17,19H,3,11-12,14-16,18H2,1-2H3,(H,27,31). The smallest absolute Gasteiger partial charge is 0.254 e. The summed E-state index contributed by atoms with van der Waals surface area (Å²) >= 11 is 0. The zero-order chi connectivity index (χ0) is 22.3. The quantitative estimate of drug-likeness (QED) is 0.589. The predicted octanol–water partition coefficient (Wildman–Crippen LogP) is 3.48. The van der Waals surface area contributed by atoms with E-state index in [1.807, 2.05) is 37.3 Å². The van der Waals surface area contributed by atoms with Crippen LogP contribution in [0.2, 0.25) is 0 Å². The molecule has 0 unspecified atom stereocenters. The van der Waals surface area contributed by atoms with E-state index in [0.29, 0.717) is 24.4 Å². The number of carbonyl (C=O) groups is 1. The average Bonchev–Trinajstić information content (AvgIpc) is 3.29. The van der Waals surface area contributed by atoms with Gasteiger partial charge in [-0.1, -0.05) is 25.1 Å². The monoisotopic (exact) mass is 433 g/mol. The third-order valence-corrected chi connectivity index (χ3v) is 6.14. The Kier molecular flexibility index (Phi) is 7.17. The molecule has 1 fully saturated rings. The van der Waals surface area contributed by atoms with Gasteiger partial charge in [0.25, 0.3) is 5.91 Å². The Hall–Kier alpha value is -3.19. The average molecular weight is 434 g/mol. The molecule has 1 aromatic carbocycles. The van der Waals surface area contributed by atoms with Crippen molar-refractivity contribution in [2.24, 2.45) is 5.92 Å².